The van der Waals surface area contributed by atoms with E-state index < -0.39 is 17.9 Å². The highest BCUT2D eigenvalue weighted by molar-refractivity contribution is 6.05. The number of amides is 2. The largest absolute Gasteiger partial charge is 0.465 e. The van der Waals surface area contributed by atoms with Gasteiger partial charge in [0.2, 0.25) is 11.8 Å². The number of nitrogens with zero attached hydrogens (tertiary/aromatic N) is 1. The highest BCUT2D eigenvalue weighted by Gasteiger charge is 2.47. The van der Waals surface area contributed by atoms with E-state index >= 15 is 0 Å². The molecule has 9 nitrogen and oxygen atoms in total. The quantitative estimate of drug-likeness (QED) is 0.390. The van der Waals surface area contributed by atoms with Gasteiger partial charge in [0, 0.05) is 6.54 Å². The molecule has 0 bridgehead atoms. The fourth-order valence-corrected chi connectivity index (χ4v) is 3.97. The third-order valence-electron chi connectivity index (χ3n) is 5.45. The van der Waals surface area contributed by atoms with Crippen LogP contribution in [-0.2, 0) is 23.9 Å². The van der Waals surface area contributed by atoms with Gasteiger partial charge in [-0.05, 0) is 31.0 Å². The molecule has 1 aromatic carbocycles. The molecule has 0 radical (unpaired) electrons. The summed E-state index contributed by atoms with van der Waals surface area (Å²) in [6.45, 7) is -0.0654. The number of hydrogen-bond acceptors (Lipinski definition) is 8. The van der Waals surface area contributed by atoms with E-state index in [9.17, 15) is 24.0 Å². The summed E-state index contributed by atoms with van der Waals surface area (Å²) in [7, 11) is 2.36. The van der Waals surface area contributed by atoms with Crippen LogP contribution in [0.5, 0.6) is 5.75 Å². The van der Waals surface area contributed by atoms with E-state index in [-0.39, 0.29) is 53.5 Å². The van der Waals surface area contributed by atoms with Crippen LogP contribution in [0.1, 0.15) is 52.8 Å². The second-order valence-corrected chi connectivity index (χ2v) is 7.28. The van der Waals surface area contributed by atoms with E-state index in [0.29, 0.717) is 12.8 Å². The fraction of sp³-hybridized carbons (Fsp3) is 0.476. The van der Waals surface area contributed by atoms with Crippen molar-refractivity contribution >= 4 is 29.7 Å². The molecular formula is C21H23NO8. The molecule has 30 heavy (non-hydrogen) atoms. The van der Waals surface area contributed by atoms with Gasteiger partial charge in [0.05, 0.1) is 43.6 Å². The summed E-state index contributed by atoms with van der Waals surface area (Å²) in [5.41, 5.74) is 0.0225. The van der Waals surface area contributed by atoms with Crippen LogP contribution in [0, 0.1) is 11.8 Å². The molecule has 1 aromatic rings. The number of hydrogen-bond donors (Lipinski definition) is 0. The van der Waals surface area contributed by atoms with Crippen LogP contribution in [0.15, 0.2) is 18.2 Å². The van der Waals surface area contributed by atoms with Gasteiger partial charge in [-0.3, -0.25) is 19.3 Å². The van der Waals surface area contributed by atoms with Crippen LogP contribution in [0.4, 0.5) is 0 Å². The number of esters is 3. The summed E-state index contributed by atoms with van der Waals surface area (Å²) >= 11 is 0. The Labute approximate surface area is 173 Å². The fourth-order valence-electron chi connectivity index (χ4n) is 3.97. The van der Waals surface area contributed by atoms with Gasteiger partial charge < -0.3 is 14.2 Å². The number of fused-ring (bicyclic) bond motifs is 1. The van der Waals surface area contributed by atoms with Gasteiger partial charge >= 0.3 is 17.9 Å². The average molecular weight is 417 g/mol. The Balaban J connectivity index is 1.67. The normalized spacial score (nSPS) is 20.5. The van der Waals surface area contributed by atoms with Gasteiger partial charge in [-0.1, -0.05) is 12.8 Å². The number of likely N-dealkylation sites (tertiary alicyclic amines) is 1. The zero-order valence-electron chi connectivity index (χ0n) is 16.8. The summed E-state index contributed by atoms with van der Waals surface area (Å²) in [5, 5.41) is 0. The van der Waals surface area contributed by atoms with E-state index in [2.05, 4.69) is 9.47 Å². The monoisotopic (exact) mass is 417 g/mol. The smallest absolute Gasteiger partial charge is 0.338 e. The maximum atomic E-state index is 12.5. The van der Waals surface area contributed by atoms with Crippen molar-refractivity contribution in [2.45, 2.75) is 32.1 Å². The number of methoxy groups -OCH3 is 2. The number of rotatable bonds is 6. The lowest BCUT2D eigenvalue weighted by Gasteiger charge is -2.19. The first-order chi connectivity index (χ1) is 14.3. The first kappa shape index (κ1) is 21.5. The van der Waals surface area contributed by atoms with E-state index in [4.69, 9.17) is 4.74 Å². The van der Waals surface area contributed by atoms with Crippen molar-refractivity contribution in [1.29, 1.82) is 0 Å². The first-order valence-corrected chi connectivity index (χ1v) is 9.73. The molecule has 2 fully saturated rings. The van der Waals surface area contributed by atoms with Gasteiger partial charge in [0.15, 0.2) is 0 Å². The van der Waals surface area contributed by atoms with Crippen LogP contribution in [0.2, 0.25) is 0 Å². The Hall–Kier alpha value is -3.23. The van der Waals surface area contributed by atoms with E-state index in [1.54, 1.807) is 0 Å². The van der Waals surface area contributed by atoms with Gasteiger partial charge in [0.25, 0.3) is 0 Å². The van der Waals surface area contributed by atoms with Crippen LogP contribution in [0.25, 0.3) is 0 Å². The molecule has 1 saturated heterocycles. The van der Waals surface area contributed by atoms with Crippen molar-refractivity contribution in [3.63, 3.8) is 0 Å². The molecule has 0 N–H and O–H groups in total. The van der Waals surface area contributed by atoms with Gasteiger partial charge in [-0.25, -0.2) is 9.59 Å². The molecule has 2 aliphatic rings. The predicted molar refractivity (Wildman–Crippen MR) is 102 cm³/mol. The minimum Gasteiger partial charge on any atom is -0.465 e. The lowest BCUT2D eigenvalue weighted by Crippen LogP contribution is -2.33. The molecule has 1 aliphatic heterocycles. The molecule has 1 saturated carbocycles. The molecule has 160 valence electrons. The van der Waals surface area contributed by atoms with Crippen molar-refractivity contribution < 1.29 is 38.2 Å². The SMILES string of the molecule is COC(=O)c1cc(OC(=O)CCN2C(=O)[C@H]3CCCC[C@@H]3C2=O)cc(C(=O)OC)c1. The third kappa shape index (κ3) is 4.34. The maximum Gasteiger partial charge on any atom is 0.338 e. The zero-order chi connectivity index (χ0) is 21.8. The number of benzene rings is 1. The predicted octanol–water partition coefficient (Wildman–Crippen LogP) is 1.73. The molecule has 0 spiro atoms. The summed E-state index contributed by atoms with van der Waals surface area (Å²) in [5.74, 6) is -3.18. The number of carbonyl (C=O) groups excluding carboxylic acids is 5. The molecule has 3 rings (SSSR count). The standard InChI is InChI=1S/C21H23NO8/c1-28-20(26)12-9-13(21(27)29-2)11-14(10-12)30-17(23)7-8-22-18(24)15-5-3-4-6-16(15)19(22)25/h9-11,15-16H,3-8H2,1-2H3/t15-,16-/m0/s1. The molecule has 1 aliphatic carbocycles. The first-order valence-electron chi connectivity index (χ1n) is 9.73. The van der Waals surface area contributed by atoms with Crippen molar-refractivity contribution in [2.75, 3.05) is 20.8 Å². The molecule has 1 heterocycles. The van der Waals surface area contributed by atoms with Crippen molar-refractivity contribution in [1.82, 2.24) is 4.90 Å². The minimum atomic E-state index is -0.714. The zero-order valence-corrected chi connectivity index (χ0v) is 16.8. The summed E-state index contributed by atoms with van der Waals surface area (Å²) < 4.78 is 14.5. The molecule has 0 aromatic heterocycles. The third-order valence-corrected chi connectivity index (χ3v) is 5.45. The Morgan fingerprint density at radius 3 is 1.87 bits per heavy atom. The summed E-state index contributed by atoms with van der Waals surface area (Å²) in [6, 6.07) is 3.78. The number of imide groups is 1. The highest BCUT2D eigenvalue weighted by Crippen LogP contribution is 2.38. The van der Waals surface area contributed by atoms with Crippen LogP contribution in [0.3, 0.4) is 0 Å². The van der Waals surface area contributed by atoms with Crippen molar-refractivity contribution in [3.05, 3.63) is 29.3 Å². The molecular weight excluding hydrogens is 394 g/mol. The number of ether oxygens (including phenoxy) is 3. The molecule has 9 heteroatoms. The van der Waals surface area contributed by atoms with Crippen LogP contribution < -0.4 is 4.74 Å². The van der Waals surface area contributed by atoms with Gasteiger partial charge in [-0.15, -0.1) is 0 Å². The Bertz CT molecular complexity index is 835. The summed E-state index contributed by atoms with van der Waals surface area (Å²) in [4.78, 5) is 62.0. The Kier molecular flexibility index (Phi) is 6.49. The van der Waals surface area contributed by atoms with E-state index in [1.165, 1.54) is 32.4 Å². The number of carbonyl (C=O) groups is 5. The molecule has 2 amide bonds. The van der Waals surface area contributed by atoms with Gasteiger partial charge in [0.1, 0.15) is 5.75 Å². The topological polar surface area (TPSA) is 116 Å². The van der Waals surface area contributed by atoms with E-state index in [0.717, 1.165) is 17.7 Å². The van der Waals surface area contributed by atoms with Crippen LogP contribution >= 0.6 is 0 Å². The summed E-state index contributed by atoms with van der Waals surface area (Å²) in [6.07, 6.45) is 3.05. The van der Waals surface area contributed by atoms with Gasteiger partial charge in [-0.2, -0.15) is 0 Å². The van der Waals surface area contributed by atoms with Crippen LogP contribution in [-0.4, -0.2) is 55.4 Å². The lowest BCUT2D eigenvalue weighted by atomic mass is 9.81. The maximum absolute atomic E-state index is 12.5. The average Bonchev–Trinajstić information content (AvgIpc) is 3.00. The second-order valence-electron chi connectivity index (χ2n) is 7.28. The second kappa shape index (κ2) is 9.06. The lowest BCUT2D eigenvalue weighted by molar-refractivity contribution is -0.141. The molecule has 2 atom stereocenters. The Morgan fingerprint density at radius 1 is 0.900 bits per heavy atom. The van der Waals surface area contributed by atoms with Crippen molar-refractivity contribution in [2.24, 2.45) is 11.8 Å². The highest BCUT2D eigenvalue weighted by atomic mass is 16.5. The Morgan fingerprint density at radius 2 is 1.40 bits per heavy atom. The van der Waals surface area contributed by atoms with Crippen molar-refractivity contribution in [3.8, 4) is 5.75 Å². The minimum absolute atomic E-state index is 0.0113. The van der Waals surface area contributed by atoms with E-state index in [1.807, 2.05) is 0 Å². The molecule has 0 unspecified atom stereocenters.